The van der Waals surface area contributed by atoms with Crippen LogP contribution in [0.15, 0.2) is 58.8 Å². The van der Waals surface area contributed by atoms with Crippen LogP contribution < -0.4 is 9.46 Å². The summed E-state index contributed by atoms with van der Waals surface area (Å²) < 4.78 is 36.1. The van der Waals surface area contributed by atoms with Gasteiger partial charge in [0, 0.05) is 18.7 Å². The number of aromatic nitrogens is 2. The first kappa shape index (κ1) is 25.0. The molecule has 2 aromatic carbocycles. The van der Waals surface area contributed by atoms with Crippen molar-refractivity contribution >= 4 is 55.6 Å². The molecule has 0 aliphatic carbocycles. The zero-order valence-electron chi connectivity index (χ0n) is 19.5. The Labute approximate surface area is 213 Å². The lowest BCUT2D eigenvalue weighted by molar-refractivity contribution is 0.0773. The molecule has 0 atom stereocenters. The summed E-state index contributed by atoms with van der Waals surface area (Å²) in [6.45, 7) is 5.57. The Morgan fingerprint density at radius 3 is 2.43 bits per heavy atom. The summed E-state index contributed by atoms with van der Waals surface area (Å²) in [5.74, 6) is 0.646. The molecule has 0 saturated heterocycles. The fraction of sp³-hybridized carbons (Fsp3) is 0.250. The number of carbonyl (C=O) groups excluding carboxylic acids is 1. The van der Waals surface area contributed by atoms with Crippen LogP contribution in [0, 0.1) is 0 Å². The summed E-state index contributed by atoms with van der Waals surface area (Å²) in [6.07, 6.45) is 0. The van der Waals surface area contributed by atoms with Gasteiger partial charge in [0.2, 0.25) is 0 Å². The van der Waals surface area contributed by atoms with Gasteiger partial charge in [0.25, 0.3) is 15.9 Å². The van der Waals surface area contributed by atoms with Crippen LogP contribution in [0.25, 0.3) is 10.9 Å². The third kappa shape index (κ3) is 5.14. The average Bonchev–Trinajstić information content (AvgIpc) is 3.44. The lowest BCUT2D eigenvalue weighted by atomic mass is 10.1. The Morgan fingerprint density at radius 1 is 1.11 bits per heavy atom. The number of fused-ring (bicyclic) bond motifs is 1. The largest absolute Gasteiger partial charge is 0.496 e. The highest BCUT2D eigenvalue weighted by atomic mass is 35.5. The zero-order valence-corrected chi connectivity index (χ0v) is 21.9. The molecule has 184 valence electrons. The van der Waals surface area contributed by atoms with Crippen molar-refractivity contribution in [3.63, 3.8) is 0 Å². The lowest BCUT2D eigenvalue weighted by Crippen LogP contribution is -2.30. The van der Waals surface area contributed by atoms with Crippen LogP contribution in [0.3, 0.4) is 0 Å². The zero-order chi connectivity index (χ0) is 25.2. The number of halogens is 1. The molecule has 2 aromatic heterocycles. The Bertz CT molecular complexity index is 1460. The second-order valence-electron chi connectivity index (χ2n) is 7.70. The normalized spacial score (nSPS) is 11.5. The fourth-order valence-corrected chi connectivity index (χ4v) is 6.29. The molecular formula is C24H25ClN4O4S2. The minimum absolute atomic E-state index is 0.0128. The molecule has 35 heavy (non-hydrogen) atoms. The second kappa shape index (κ2) is 10.3. The number of hydrogen-bond acceptors (Lipinski definition) is 6. The quantitative estimate of drug-likeness (QED) is 0.324. The van der Waals surface area contributed by atoms with Gasteiger partial charge < -0.3 is 9.64 Å². The Balaban J connectivity index is 1.68. The van der Waals surface area contributed by atoms with Crippen molar-refractivity contribution < 1.29 is 17.9 Å². The number of rotatable bonds is 9. The summed E-state index contributed by atoms with van der Waals surface area (Å²) in [5, 5.41) is 5.12. The lowest BCUT2D eigenvalue weighted by Gasteiger charge is -2.18. The first-order chi connectivity index (χ1) is 16.8. The number of methoxy groups -OCH3 is 1. The van der Waals surface area contributed by atoms with Crippen molar-refractivity contribution in [2.45, 2.75) is 24.6 Å². The van der Waals surface area contributed by atoms with Gasteiger partial charge in [-0.15, -0.1) is 11.3 Å². The van der Waals surface area contributed by atoms with Gasteiger partial charge in [0.15, 0.2) is 5.82 Å². The number of amides is 1. The predicted octanol–water partition coefficient (Wildman–Crippen LogP) is 5.09. The van der Waals surface area contributed by atoms with Gasteiger partial charge >= 0.3 is 0 Å². The number of ether oxygens (including phenoxy) is 1. The molecule has 4 rings (SSSR count). The van der Waals surface area contributed by atoms with E-state index in [4.69, 9.17) is 16.3 Å². The number of carbonyl (C=O) groups is 1. The van der Waals surface area contributed by atoms with E-state index in [0.717, 1.165) is 16.9 Å². The Kier molecular flexibility index (Phi) is 7.34. The van der Waals surface area contributed by atoms with Gasteiger partial charge in [0.1, 0.15) is 9.96 Å². The number of thiophene rings is 1. The van der Waals surface area contributed by atoms with E-state index >= 15 is 0 Å². The maximum absolute atomic E-state index is 12.9. The minimum atomic E-state index is -3.89. The van der Waals surface area contributed by atoms with Crippen molar-refractivity contribution in [2.24, 2.45) is 0 Å². The summed E-state index contributed by atoms with van der Waals surface area (Å²) in [7, 11) is -2.36. The van der Waals surface area contributed by atoms with Crippen LogP contribution >= 0.6 is 22.9 Å². The number of anilines is 1. The van der Waals surface area contributed by atoms with Crippen LogP contribution in [-0.4, -0.2) is 49.2 Å². The van der Waals surface area contributed by atoms with E-state index in [1.165, 1.54) is 19.2 Å². The van der Waals surface area contributed by atoms with E-state index in [1.807, 2.05) is 38.1 Å². The molecule has 0 unspecified atom stereocenters. The average molecular weight is 533 g/mol. The number of sulfonamides is 1. The second-order valence-corrected chi connectivity index (χ2v) is 11.3. The summed E-state index contributed by atoms with van der Waals surface area (Å²) in [5.41, 5.74) is 2.23. The van der Waals surface area contributed by atoms with Gasteiger partial charge in [-0.25, -0.2) is 8.42 Å². The topological polar surface area (TPSA) is 93.5 Å². The van der Waals surface area contributed by atoms with Crippen LogP contribution in [0.5, 0.6) is 5.75 Å². The molecular weight excluding hydrogens is 508 g/mol. The summed E-state index contributed by atoms with van der Waals surface area (Å²) in [4.78, 5) is 14.4. The smallest absolute Gasteiger partial charge is 0.272 e. The van der Waals surface area contributed by atoms with Crippen molar-refractivity contribution in [1.82, 2.24) is 14.7 Å². The van der Waals surface area contributed by atoms with Crippen molar-refractivity contribution in [1.29, 1.82) is 0 Å². The molecule has 0 fully saturated rings. The molecule has 0 aliphatic rings. The highest BCUT2D eigenvalue weighted by Crippen LogP contribution is 2.35. The number of nitrogens with zero attached hydrogens (tertiary/aromatic N) is 3. The third-order valence-corrected chi connectivity index (χ3v) is 8.65. The molecule has 0 bridgehead atoms. The molecule has 11 heteroatoms. The first-order valence-corrected chi connectivity index (χ1v) is 13.6. The first-order valence-electron chi connectivity index (χ1n) is 11.0. The maximum atomic E-state index is 12.9. The molecule has 1 amide bonds. The highest BCUT2D eigenvalue weighted by Gasteiger charge is 2.23. The predicted molar refractivity (Wildman–Crippen MR) is 139 cm³/mol. The molecule has 0 aliphatic heterocycles. The van der Waals surface area contributed by atoms with Gasteiger partial charge in [-0.05, 0) is 55.8 Å². The van der Waals surface area contributed by atoms with E-state index in [1.54, 1.807) is 27.8 Å². The Morgan fingerprint density at radius 2 is 1.83 bits per heavy atom. The van der Waals surface area contributed by atoms with Gasteiger partial charge in [-0.3, -0.25) is 14.2 Å². The molecule has 0 spiro atoms. The maximum Gasteiger partial charge on any atom is 0.272 e. The standard InChI is InChI=1S/C24H25ClN4O4S2/c1-4-28(5-2)24(30)17-11-9-16(10-12-17)15-29-18-7-6-8-19(33-3)22(18)23(26-29)27-35(31,32)21-14-13-20(25)34-21/h6-14H,4-5,15H2,1-3H3,(H,26,27). The number of benzene rings is 2. The van der Waals surface area contributed by atoms with E-state index < -0.39 is 10.0 Å². The molecule has 2 heterocycles. The molecule has 0 radical (unpaired) electrons. The monoisotopic (exact) mass is 532 g/mol. The van der Waals surface area contributed by atoms with E-state index in [-0.39, 0.29) is 15.9 Å². The SMILES string of the molecule is CCN(CC)C(=O)c1ccc(Cn2nc(NS(=O)(=O)c3ccc(Cl)s3)c3c(OC)cccc32)cc1. The number of hydrogen-bond donors (Lipinski definition) is 1. The van der Waals surface area contributed by atoms with Gasteiger partial charge in [0.05, 0.1) is 28.9 Å². The van der Waals surface area contributed by atoms with Crippen LogP contribution in [-0.2, 0) is 16.6 Å². The molecule has 0 saturated carbocycles. The Hall–Kier alpha value is -3.08. The van der Waals surface area contributed by atoms with Gasteiger partial charge in [-0.1, -0.05) is 29.8 Å². The van der Waals surface area contributed by atoms with Crippen LogP contribution in [0.2, 0.25) is 4.34 Å². The summed E-state index contributed by atoms with van der Waals surface area (Å²) >= 11 is 6.90. The minimum Gasteiger partial charge on any atom is -0.496 e. The molecule has 1 N–H and O–H groups in total. The summed E-state index contributed by atoms with van der Waals surface area (Å²) in [6, 6.07) is 15.8. The highest BCUT2D eigenvalue weighted by molar-refractivity contribution is 7.94. The van der Waals surface area contributed by atoms with E-state index in [9.17, 15) is 13.2 Å². The van der Waals surface area contributed by atoms with Crippen molar-refractivity contribution in [3.05, 3.63) is 70.1 Å². The van der Waals surface area contributed by atoms with Crippen LogP contribution in [0.4, 0.5) is 5.82 Å². The van der Waals surface area contributed by atoms with Crippen molar-refractivity contribution in [2.75, 3.05) is 24.9 Å². The molecule has 4 aromatic rings. The number of nitrogens with one attached hydrogen (secondary N) is 1. The third-order valence-electron chi connectivity index (χ3n) is 5.59. The van der Waals surface area contributed by atoms with E-state index in [2.05, 4.69) is 9.82 Å². The van der Waals surface area contributed by atoms with Gasteiger partial charge in [-0.2, -0.15) is 5.10 Å². The van der Waals surface area contributed by atoms with Crippen LogP contribution in [0.1, 0.15) is 29.8 Å². The van der Waals surface area contributed by atoms with E-state index in [0.29, 0.717) is 46.2 Å². The van der Waals surface area contributed by atoms with Crippen molar-refractivity contribution in [3.8, 4) is 5.75 Å². The molecule has 8 nitrogen and oxygen atoms in total. The fourth-order valence-electron chi connectivity index (χ4n) is 3.80.